The summed E-state index contributed by atoms with van der Waals surface area (Å²) in [6, 6.07) is 12.9. The second-order valence-electron chi connectivity index (χ2n) is 5.32. The molecule has 0 aliphatic carbocycles. The summed E-state index contributed by atoms with van der Waals surface area (Å²) < 4.78 is 4.97. The molecule has 0 aliphatic rings. The van der Waals surface area contributed by atoms with Gasteiger partial charge in [0.05, 0.1) is 6.04 Å². The molecule has 3 rings (SSSR count). The van der Waals surface area contributed by atoms with Gasteiger partial charge in [0.1, 0.15) is 11.5 Å². The molecule has 7 heteroatoms. The molecule has 3 aromatic rings. The zero-order chi connectivity index (χ0) is 16.9. The normalized spacial score (nSPS) is 11.8. The van der Waals surface area contributed by atoms with Crippen LogP contribution < -0.4 is 10.6 Å². The fraction of sp³-hybridized carbons (Fsp3) is 0.176. The quantitative estimate of drug-likeness (QED) is 0.750. The van der Waals surface area contributed by atoms with Crippen LogP contribution in [-0.4, -0.2) is 21.0 Å². The van der Waals surface area contributed by atoms with E-state index < -0.39 is 0 Å². The van der Waals surface area contributed by atoms with Gasteiger partial charge in [-0.2, -0.15) is 0 Å². The molecular formula is C17H17N5O2. The lowest BCUT2D eigenvalue weighted by molar-refractivity contribution is 0.0935. The summed E-state index contributed by atoms with van der Waals surface area (Å²) >= 11 is 0. The molecule has 0 radical (unpaired) electrons. The molecule has 2 N–H and O–H groups in total. The van der Waals surface area contributed by atoms with Crippen LogP contribution in [0.15, 0.2) is 53.2 Å². The number of hydrogen-bond donors (Lipinski definition) is 2. The largest absolute Gasteiger partial charge is 0.360 e. The van der Waals surface area contributed by atoms with Crippen molar-refractivity contribution >= 4 is 17.7 Å². The molecular weight excluding hydrogens is 306 g/mol. The summed E-state index contributed by atoms with van der Waals surface area (Å²) in [6.07, 6.45) is 1.52. The predicted molar refractivity (Wildman–Crippen MR) is 88.9 cm³/mol. The molecule has 1 aromatic carbocycles. The Kier molecular flexibility index (Phi) is 4.51. The van der Waals surface area contributed by atoms with Crippen molar-refractivity contribution in [1.82, 2.24) is 20.4 Å². The topological polar surface area (TPSA) is 92.9 Å². The number of carbonyl (C=O) groups is 1. The zero-order valence-electron chi connectivity index (χ0n) is 13.4. The van der Waals surface area contributed by atoms with E-state index in [9.17, 15) is 4.79 Å². The van der Waals surface area contributed by atoms with Crippen LogP contribution in [0.4, 0.5) is 11.8 Å². The van der Waals surface area contributed by atoms with E-state index in [1.165, 1.54) is 6.20 Å². The van der Waals surface area contributed by atoms with Gasteiger partial charge in [0.15, 0.2) is 5.82 Å². The molecule has 0 aliphatic heterocycles. The Labute approximate surface area is 139 Å². The minimum absolute atomic E-state index is 0.122. The van der Waals surface area contributed by atoms with E-state index in [2.05, 4.69) is 25.8 Å². The van der Waals surface area contributed by atoms with E-state index in [0.29, 0.717) is 11.6 Å². The Hall–Kier alpha value is -3.22. The highest BCUT2D eigenvalue weighted by molar-refractivity contribution is 5.92. The van der Waals surface area contributed by atoms with Crippen molar-refractivity contribution in [3.63, 3.8) is 0 Å². The summed E-state index contributed by atoms with van der Waals surface area (Å²) in [4.78, 5) is 20.7. The smallest absolute Gasteiger partial charge is 0.270 e. The third-order valence-electron chi connectivity index (χ3n) is 3.40. The molecule has 0 spiro atoms. The molecule has 1 unspecified atom stereocenters. The molecule has 0 fully saturated rings. The molecule has 0 saturated carbocycles. The first-order valence-corrected chi connectivity index (χ1v) is 7.51. The van der Waals surface area contributed by atoms with Gasteiger partial charge in [-0.25, -0.2) is 9.97 Å². The van der Waals surface area contributed by atoms with E-state index in [0.717, 1.165) is 5.56 Å². The first kappa shape index (κ1) is 15.7. The third-order valence-corrected chi connectivity index (χ3v) is 3.40. The molecule has 0 bridgehead atoms. The first-order chi connectivity index (χ1) is 11.6. The number of amides is 1. The highest BCUT2D eigenvalue weighted by Gasteiger charge is 2.13. The van der Waals surface area contributed by atoms with Crippen LogP contribution in [0.3, 0.4) is 0 Å². The first-order valence-electron chi connectivity index (χ1n) is 7.51. The van der Waals surface area contributed by atoms with Crippen molar-refractivity contribution in [2.75, 3.05) is 5.32 Å². The van der Waals surface area contributed by atoms with Crippen LogP contribution in [0.25, 0.3) is 0 Å². The summed E-state index contributed by atoms with van der Waals surface area (Å²) in [7, 11) is 0. The van der Waals surface area contributed by atoms with Crippen LogP contribution in [0, 0.1) is 6.92 Å². The third kappa shape index (κ3) is 3.75. The molecule has 2 heterocycles. The average molecular weight is 323 g/mol. The Morgan fingerprint density at radius 1 is 1.21 bits per heavy atom. The minimum atomic E-state index is -0.270. The molecule has 2 aromatic heterocycles. The number of aromatic nitrogens is 3. The van der Waals surface area contributed by atoms with E-state index in [-0.39, 0.29) is 23.6 Å². The summed E-state index contributed by atoms with van der Waals surface area (Å²) in [5.74, 6) is 1.17. The zero-order valence-corrected chi connectivity index (χ0v) is 13.4. The van der Waals surface area contributed by atoms with Crippen LogP contribution >= 0.6 is 0 Å². The summed E-state index contributed by atoms with van der Waals surface area (Å²) in [5.41, 5.74) is 1.30. The number of rotatable bonds is 5. The SMILES string of the molecule is Cc1cc(Nc2nccc(C(=O)NC(C)c3ccccc3)n2)no1. The Bertz CT molecular complexity index is 832. The Morgan fingerprint density at radius 2 is 2.00 bits per heavy atom. The van der Waals surface area contributed by atoms with Crippen molar-refractivity contribution < 1.29 is 9.32 Å². The molecule has 0 saturated heterocycles. The number of nitrogens with zero attached hydrogens (tertiary/aromatic N) is 3. The fourth-order valence-electron chi connectivity index (χ4n) is 2.18. The standard InChI is InChI=1S/C17H17N5O2/c1-11-10-15(22-24-11)21-17-18-9-8-14(20-17)16(23)19-12(2)13-6-4-3-5-7-13/h3-10,12H,1-2H3,(H,19,23)(H,18,20,21,22). The Balaban J connectivity index is 1.70. The van der Waals surface area contributed by atoms with Crippen LogP contribution in [0.2, 0.25) is 0 Å². The fourth-order valence-corrected chi connectivity index (χ4v) is 2.18. The van der Waals surface area contributed by atoms with Crippen molar-refractivity contribution in [3.8, 4) is 0 Å². The van der Waals surface area contributed by atoms with Crippen LogP contribution in [0.1, 0.15) is 34.8 Å². The molecule has 1 atom stereocenters. The van der Waals surface area contributed by atoms with Crippen LogP contribution in [-0.2, 0) is 0 Å². The second-order valence-corrected chi connectivity index (χ2v) is 5.32. The number of carbonyl (C=O) groups excluding carboxylic acids is 1. The van der Waals surface area contributed by atoms with E-state index in [4.69, 9.17) is 4.52 Å². The van der Waals surface area contributed by atoms with Gasteiger partial charge in [0.25, 0.3) is 5.91 Å². The highest BCUT2D eigenvalue weighted by Crippen LogP contribution is 2.14. The number of hydrogen-bond acceptors (Lipinski definition) is 6. The van der Waals surface area contributed by atoms with Gasteiger partial charge < -0.3 is 15.2 Å². The van der Waals surface area contributed by atoms with Gasteiger partial charge in [-0.3, -0.25) is 4.79 Å². The maximum Gasteiger partial charge on any atom is 0.270 e. The average Bonchev–Trinajstić information content (AvgIpc) is 3.00. The van der Waals surface area contributed by atoms with Gasteiger partial charge in [-0.1, -0.05) is 35.5 Å². The van der Waals surface area contributed by atoms with E-state index >= 15 is 0 Å². The predicted octanol–water partition coefficient (Wildman–Crippen LogP) is 3.01. The lowest BCUT2D eigenvalue weighted by Gasteiger charge is -2.14. The molecule has 1 amide bonds. The maximum atomic E-state index is 12.4. The monoisotopic (exact) mass is 323 g/mol. The van der Waals surface area contributed by atoms with Crippen molar-refractivity contribution in [1.29, 1.82) is 0 Å². The number of benzene rings is 1. The van der Waals surface area contributed by atoms with E-state index in [1.807, 2.05) is 37.3 Å². The summed E-state index contributed by atoms with van der Waals surface area (Å²) in [6.45, 7) is 3.71. The van der Waals surface area contributed by atoms with Crippen molar-refractivity contribution in [2.45, 2.75) is 19.9 Å². The molecule has 24 heavy (non-hydrogen) atoms. The second kappa shape index (κ2) is 6.91. The maximum absolute atomic E-state index is 12.4. The number of nitrogens with one attached hydrogen (secondary N) is 2. The number of aryl methyl sites for hydroxylation is 1. The van der Waals surface area contributed by atoms with Gasteiger partial charge >= 0.3 is 0 Å². The van der Waals surface area contributed by atoms with Gasteiger partial charge in [-0.15, -0.1) is 0 Å². The number of anilines is 2. The van der Waals surface area contributed by atoms with Crippen LogP contribution in [0.5, 0.6) is 0 Å². The van der Waals surface area contributed by atoms with Gasteiger partial charge in [0.2, 0.25) is 5.95 Å². The lowest BCUT2D eigenvalue weighted by atomic mass is 10.1. The Morgan fingerprint density at radius 3 is 2.71 bits per heavy atom. The summed E-state index contributed by atoms with van der Waals surface area (Å²) in [5, 5.41) is 9.62. The van der Waals surface area contributed by atoms with E-state index in [1.54, 1.807) is 19.1 Å². The minimum Gasteiger partial charge on any atom is -0.360 e. The molecule has 7 nitrogen and oxygen atoms in total. The lowest BCUT2D eigenvalue weighted by Crippen LogP contribution is -2.27. The van der Waals surface area contributed by atoms with Crippen molar-refractivity contribution in [2.24, 2.45) is 0 Å². The highest BCUT2D eigenvalue weighted by atomic mass is 16.5. The van der Waals surface area contributed by atoms with Gasteiger partial charge in [0, 0.05) is 12.3 Å². The van der Waals surface area contributed by atoms with Crippen molar-refractivity contribution in [3.05, 3.63) is 65.7 Å². The van der Waals surface area contributed by atoms with Gasteiger partial charge in [-0.05, 0) is 25.5 Å². The molecule has 122 valence electrons.